The first-order valence-corrected chi connectivity index (χ1v) is 8.60. The van der Waals surface area contributed by atoms with Gasteiger partial charge in [-0.1, -0.05) is 32.6 Å². The molecule has 1 amide bonds. The molecule has 0 aromatic heterocycles. The Hall–Kier alpha value is -0.690. The van der Waals surface area contributed by atoms with Crippen molar-refractivity contribution in [1.82, 2.24) is 5.32 Å². The van der Waals surface area contributed by atoms with Crippen LogP contribution < -0.4 is 5.32 Å². The highest BCUT2D eigenvalue weighted by atomic mass is 32.2. The Morgan fingerprint density at radius 3 is 2.53 bits per heavy atom. The third-order valence-corrected chi connectivity index (χ3v) is 4.82. The van der Waals surface area contributed by atoms with Gasteiger partial charge in [0.2, 0.25) is 5.91 Å². The Morgan fingerprint density at radius 2 is 2.00 bits per heavy atom. The van der Waals surface area contributed by atoms with Crippen LogP contribution in [0.15, 0.2) is 0 Å². The average Bonchev–Trinajstić information content (AvgIpc) is 2.65. The second kappa shape index (κ2) is 8.47. The quantitative estimate of drug-likeness (QED) is 0.599. The predicted octanol–water partition coefficient (Wildman–Crippen LogP) is 3.50. The highest BCUT2D eigenvalue weighted by molar-refractivity contribution is 7.99. The minimum absolute atomic E-state index is 0.0362. The van der Waals surface area contributed by atoms with E-state index in [0.29, 0.717) is 0 Å². The first-order valence-electron chi connectivity index (χ1n) is 7.44. The van der Waals surface area contributed by atoms with Gasteiger partial charge in [0.1, 0.15) is 5.41 Å². The van der Waals surface area contributed by atoms with Crippen molar-refractivity contribution in [2.24, 2.45) is 5.41 Å². The molecule has 1 saturated carbocycles. The maximum Gasteiger partial charge on any atom is 0.240 e. The molecule has 108 valence electrons. The van der Waals surface area contributed by atoms with Crippen LogP contribution in [0.3, 0.4) is 0 Å². The molecule has 4 heteroatoms. The standard InChI is InChI=1S/C15H26N2OS/c1-3-19-11-8-13(2)17-14(18)15(12-16)9-6-4-5-7-10-15/h13H,3-11H2,1-2H3,(H,17,18). The normalized spacial score (nSPS) is 20.1. The summed E-state index contributed by atoms with van der Waals surface area (Å²) in [6.07, 6.45) is 6.74. The molecule has 0 bridgehead atoms. The Morgan fingerprint density at radius 1 is 1.37 bits per heavy atom. The van der Waals surface area contributed by atoms with Gasteiger partial charge in [-0.15, -0.1) is 0 Å². The van der Waals surface area contributed by atoms with Crippen molar-refractivity contribution in [3.8, 4) is 6.07 Å². The number of nitriles is 1. The number of amides is 1. The molecule has 3 nitrogen and oxygen atoms in total. The number of nitrogens with zero attached hydrogens (tertiary/aromatic N) is 1. The summed E-state index contributed by atoms with van der Waals surface area (Å²) in [5.74, 6) is 2.14. The number of thioether (sulfide) groups is 1. The highest BCUT2D eigenvalue weighted by Crippen LogP contribution is 2.34. The number of carbonyl (C=O) groups is 1. The van der Waals surface area contributed by atoms with Gasteiger partial charge in [0.15, 0.2) is 0 Å². The van der Waals surface area contributed by atoms with Crippen LogP contribution >= 0.6 is 11.8 Å². The third-order valence-electron chi connectivity index (χ3n) is 3.88. The van der Waals surface area contributed by atoms with E-state index in [4.69, 9.17) is 0 Å². The number of hydrogen-bond acceptors (Lipinski definition) is 3. The van der Waals surface area contributed by atoms with Crippen molar-refractivity contribution in [1.29, 1.82) is 5.26 Å². The first kappa shape index (κ1) is 16.4. The molecule has 1 aliphatic carbocycles. The fourth-order valence-electron chi connectivity index (χ4n) is 2.56. The average molecular weight is 282 g/mol. The lowest BCUT2D eigenvalue weighted by atomic mass is 9.81. The van der Waals surface area contributed by atoms with Gasteiger partial charge in [-0.05, 0) is 37.7 Å². The molecule has 1 aliphatic rings. The molecule has 0 radical (unpaired) electrons. The van der Waals surface area contributed by atoms with E-state index in [1.54, 1.807) is 0 Å². The summed E-state index contributed by atoms with van der Waals surface area (Å²) in [6.45, 7) is 4.18. The summed E-state index contributed by atoms with van der Waals surface area (Å²) in [7, 11) is 0. The number of rotatable bonds is 6. The first-order chi connectivity index (χ1) is 9.14. The number of carbonyl (C=O) groups excluding carboxylic acids is 1. The second-order valence-electron chi connectivity index (χ2n) is 5.47. The maximum absolute atomic E-state index is 12.4. The van der Waals surface area contributed by atoms with Crippen LogP contribution in [0, 0.1) is 16.7 Å². The highest BCUT2D eigenvalue weighted by Gasteiger charge is 2.39. The van der Waals surface area contributed by atoms with Gasteiger partial charge in [0.05, 0.1) is 6.07 Å². The van der Waals surface area contributed by atoms with Crippen LogP contribution in [0.25, 0.3) is 0 Å². The van der Waals surface area contributed by atoms with Crippen LogP contribution in [0.5, 0.6) is 0 Å². The van der Waals surface area contributed by atoms with E-state index in [1.807, 2.05) is 18.7 Å². The maximum atomic E-state index is 12.4. The zero-order valence-corrected chi connectivity index (χ0v) is 13.0. The van der Waals surface area contributed by atoms with Crippen molar-refractivity contribution in [2.45, 2.75) is 64.8 Å². The Labute approximate surface area is 121 Å². The van der Waals surface area contributed by atoms with Gasteiger partial charge in [0, 0.05) is 6.04 Å². The summed E-state index contributed by atoms with van der Waals surface area (Å²) in [5, 5.41) is 12.5. The lowest BCUT2D eigenvalue weighted by Crippen LogP contribution is -2.44. The van der Waals surface area contributed by atoms with Gasteiger partial charge >= 0.3 is 0 Å². The van der Waals surface area contributed by atoms with Crippen molar-refractivity contribution >= 4 is 17.7 Å². The zero-order chi connectivity index (χ0) is 14.1. The van der Waals surface area contributed by atoms with Crippen molar-refractivity contribution < 1.29 is 4.79 Å². The Kier molecular flexibility index (Phi) is 7.30. The molecule has 1 fully saturated rings. The molecule has 0 aromatic carbocycles. The smallest absolute Gasteiger partial charge is 0.240 e. The van der Waals surface area contributed by atoms with Crippen LogP contribution in [-0.4, -0.2) is 23.5 Å². The molecule has 0 saturated heterocycles. The lowest BCUT2D eigenvalue weighted by molar-refractivity contribution is -0.129. The van der Waals surface area contributed by atoms with Crippen molar-refractivity contribution in [3.05, 3.63) is 0 Å². The van der Waals surface area contributed by atoms with Crippen LogP contribution in [0.4, 0.5) is 0 Å². The number of nitrogens with one attached hydrogen (secondary N) is 1. The lowest BCUT2D eigenvalue weighted by Gasteiger charge is -2.26. The van der Waals surface area contributed by atoms with E-state index in [0.717, 1.165) is 56.5 Å². The van der Waals surface area contributed by atoms with E-state index in [-0.39, 0.29) is 11.9 Å². The van der Waals surface area contributed by atoms with E-state index in [9.17, 15) is 10.1 Å². The van der Waals surface area contributed by atoms with Crippen molar-refractivity contribution in [3.63, 3.8) is 0 Å². The molecule has 1 unspecified atom stereocenters. The monoisotopic (exact) mass is 282 g/mol. The van der Waals surface area contributed by atoms with Gasteiger partial charge in [-0.25, -0.2) is 0 Å². The second-order valence-corrected chi connectivity index (χ2v) is 6.86. The molecular formula is C15H26N2OS. The summed E-state index contributed by atoms with van der Waals surface area (Å²) < 4.78 is 0. The zero-order valence-electron chi connectivity index (χ0n) is 12.2. The molecule has 1 N–H and O–H groups in total. The third kappa shape index (κ3) is 5.06. The minimum atomic E-state index is -0.761. The molecule has 0 heterocycles. The van der Waals surface area contributed by atoms with Crippen LogP contribution in [-0.2, 0) is 4.79 Å². The van der Waals surface area contributed by atoms with Crippen LogP contribution in [0.1, 0.15) is 58.8 Å². The SMILES string of the molecule is CCSCCC(C)NC(=O)C1(C#N)CCCCCC1. The predicted molar refractivity (Wildman–Crippen MR) is 81.0 cm³/mol. The van der Waals surface area contributed by atoms with E-state index in [1.165, 1.54) is 0 Å². The van der Waals surface area contributed by atoms with E-state index >= 15 is 0 Å². The summed E-state index contributed by atoms with van der Waals surface area (Å²) in [4.78, 5) is 12.4. The molecule has 1 rings (SSSR count). The summed E-state index contributed by atoms with van der Waals surface area (Å²) in [5.41, 5.74) is -0.761. The number of hydrogen-bond donors (Lipinski definition) is 1. The molecule has 0 aliphatic heterocycles. The van der Waals surface area contributed by atoms with Crippen molar-refractivity contribution in [2.75, 3.05) is 11.5 Å². The van der Waals surface area contributed by atoms with Gasteiger partial charge in [-0.3, -0.25) is 4.79 Å². The van der Waals surface area contributed by atoms with Gasteiger partial charge in [0.25, 0.3) is 0 Å². The summed E-state index contributed by atoms with van der Waals surface area (Å²) >= 11 is 1.89. The fraction of sp³-hybridized carbons (Fsp3) is 0.867. The minimum Gasteiger partial charge on any atom is -0.352 e. The molecule has 19 heavy (non-hydrogen) atoms. The Bertz CT molecular complexity index is 317. The molecule has 1 atom stereocenters. The van der Waals surface area contributed by atoms with Gasteiger partial charge in [-0.2, -0.15) is 17.0 Å². The topological polar surface area (TPSA) is 52.9 Å². The fourth-order valence-corrected chi connectivity index (χ4v) is 3.37. The Balaban J connectivity index is 2.51. The van der Waals surface area contributed by atoms with E-state index < -0.39 is 5.41 Å². The van der Waals surface area contributed by atoms with E-state index in [2.05, 4.69) is 18.3 Å². The molecule has 0 aromatic rings. The molecular weight excluding hydrogens is 256 g/mol. The summed E-state index contributed by atoms with van der Waals surface area (Å²) in [6, 6.07) is 2.48. The van der Waals surface area contributed by atoms with Gasteiger partial charge < -0.3 is 5.32 Å². The molecule has 0 spiro atoms. The van der Waals surface area contributed by atoms with Crippen LogP contribution in [0.2, 0.25) is 0 Å². The largest absolute Gasteiger partial charge is 0.352 e.